The Bertz CT molecular complexity index is 511. The van der Waals surface area contributed by atoms with E-state index >= 15 is 0 Å². The van der Waals surface area contributed by atoms with E-state index in [0.29, 0.717) is 18.4 Å². The molecule has 6 heteroatoms. The molecule has 1 aromatic carbocycles. The summed E-state index contributed by atoms with van der Waals surface area (Å²) in [7, 11) is 0. The largest absolute Gasteiger partial charge is 0.477 e. The molecule has 0 aliphatic heterocycles. The van der Waals surface area contributed by atoms with Gasteiger partial charge in [0.2, 0.25) is 0 Å². The zero-order chi connectivity index (χ0) is 14.0. The van der Waals surface area contributed by atoms with E-state index in [1.54, 1.807) is 6.07 Å². The highest BCUT2D eigenvalue weighted by molar-refractivity contribution is 5.95. The molecular formula is C13H16N2O4. The molecule has 0 saturated heterocycles. The zero-order valence-corrected chi connectivity index (χ0v) is 10.6. The van der Waals surface area contributed by atoms with Crippen LogP contribution in [-0.4, -0.2) is 22.5 Å². The Morgan fingerprint density at radius 2 is 2.26 bits per heavy atom. The Hall–Kier alpha value is -2.11. The van der Waals surface area contributed by atoms with Crippen molar-refractivity contribution in [3.8, 4) is 0 Å². The summed E-state index contributed by atoms with van der Waals surface area (Å²) < 4.78 is 0. The maximum absolute atomic E-state index is 11.0. The topological polar surface area (TPSA) is 92.5 Å². The monoisotopic (exact) mass is 264 g/mol. The quantitative estimate of drug-likeness (QED) is 0.608. The van der Waals surface area contributed by atoms with Gasteiger partial charge in [0.05, 0.1) is 4.92 Å². The van der Waals surface area contributed by atoms with Crippen molar-refractivity contribution in [1.29, 1.82) is 0 Å². The summed E-state index contributed by atoms with van der Waals surface area (Å²) in [5.41, 5.74) is -0.371. The molecule has 0 aromatic heterocycles. The summed E-state index contributed by atoms with van der Waals surface area (Å²) in [6.45, 7) is 2.71. The number of benzene rings is 1. The molecule has 1 atom stereocenters. The van der Waals surface area contributed by atoms with Gasteiger partial charge in [-0.1, -0.05) is 13.0 Å². The fourth-order valence-corrected chi connectivity index (χ4v) is 2.16. The first-order chi connectivity index (χ1) is 9.00. The Labute approximate surface area is 110 Å². The highest BCUT2D eigenvalue weighted by Gasteiger charge is 2.29. The molecule has 1 aliphatic rings. The van der Waals surface area contributed by atoms with Crippen LogP contribution in [0.5, 0.6) is 0 Å². The van der Waals surface area contributed by atoms with Crippen LogP contribution < -0.4 is 5.32 Å². The second-order valence-corrected chi connectivity index (χ2v) is 4.96. The number of nitrogens with one attached hydrogen (secondary N) is 1. The molecule has 1 saturated carbocycles. The van der Waals surface area contributed by atoms with Crippen LogP contribution in [0.15, 0.2) is 18.2 Å². The lowest BCUT2D eigenvalue weighted by Gasteiger charge is -2.13. The molecule has 0 radical (unpaired) electrons. The molecule has 0 bridgehead atoms. The van der Waals surface area contributed by atoms with Gasteiger partial charge in [-0.3, -0.25) is 10.1 Å². The van der Waals surface area contributed by atoms with Gasteiger partial charge < -0.3 is 10.4 Å². The number of carbonyl (C=O) groups is 1. The first-order valence-electron chi connectivity index (χ1n) is 6.25. The van der Waals surface area contributed by atoms with Crippen LogP contribution in [0.2, 0.25) is 0 Å². The lowest BCUT2D eigenvalue weighted by molar-refractivity contribution is -0.384. The van der Waals surface area contributed by atoms with Crippen LogP contribution >= 0.6 is 0 Å². The standard InChI is InChI=1S/C13H16N2O4/c1-8(9-5-6-9)7-14-11-4-2-3-10(13(16)17)12(11)15(18)19/h2-4,8-9,14H,5-7H2,1H3,(H,16,17). The minimum atomic E-state index is -1.29. The van der Waals surface area contributed by atoms with Gasteiger partial charge in [0.15, 0.2) is 0 Å². The summed E-state index contributed by atoms with van der Waals surface area (Å²) in [5, 5.41) is 23.0. The number of hydrogen-bond acceptors (Lipinski definition) is 4. The molecule has 19 heavy (non-hydrogen) atoms. The van der Waals surface area contributed by atoms with Crippen molar-refractivity contribution in [2.24, 2.45) is 11.8 Å². The fourth-order valence-electron chi connectivity index (χ4n) is 2.16. The molecule has 1 fully saturated rings. The van der Waals surface area contributed by atoms with Gasteiger partial charge in [-0.25, -0.2) is 4.79 Å². The molecule has 1 unspecified atom stereocenters. The van der Waals surface area contributed by atoms with E-state index in [2.05, 4.69) is 12.2 Å². The molecule has 1 aliphatic carbocycles. The number of para-hydroxylation sites is 1. The van der Waals surface area contributed by atoms with Crippen LogP contribution in [0.25, 0.3) is 0 Å². The molecule has 0 spiro atoms. The van der Waals surface area contributed by atoms with Crippen molar-refractivity contribution < 1.29 is 14.8 Å². The fraction of sp³-hybridized carbons (Fsp3) is 0.462. The van der Waals surface area contributed by atoms with E-state index in [0.717, 1.165) is 0 Å². The van der Waals surface area contributed by atoms with Gasteiger partial charge in [-0.2, -0.15) is 0 Å². The SMILES string of the molecule is CC(CNc1cccc(C(=O)O)c1[N+](=O)[O-])C1CC1. The van der Waals surface area contributed by atoms with Gasteiger partial charge in [0, 0.05) is 6.54 Å². The van der Waals surface area contributed by atoms with Crippen LogP contribution in [0.3, 0.4) is 0 Å². The Morgan fingerprint density at radius 1 is 1.58 bits per heavy atom. The van der Waals surface area contributed by atoms with E-state index in [1.165, 1.54) is 25.0 Å². The van der Waals surface area contributed by atoms with Gasteiger partial charge in [0.25, 0.3) is 0 Å². The summed E-state index contributed by atoms with van der Waals surface area (Å²) in [5.74, 6) is -0.159. The predicted molar refractivity (Wildman–Crippen MR) is 70.4 cm³/mol. The van der Waals surface area contributed by atoms with Gasteiger partial charge in [-0.05, 0) is 36.8 Å². The molecule has 2 N–H and O–H groups in total. The van der Waals surface area contributed by atoms with Gasteiger partial charge in [-0.15, -0.1) is 0 Å². The summed E-state index contributed by atoms with van der Waals surface area (Å²) in [4.78, 5) is 21.4. The number of carboxylic acids is 1. The third-order valence-corrected chi connectivity index (χ3v) is 3.49. The molecule has 0 heterocycles. The van der Waals surface area contributed by atoms with E-state index in [9.17, 15) is 14.9 Å². The van der Waals surface area contributed by atoms with Crippen molar-refractivity contribution in [1.82, 2.24) is 0 Å². The number of nitro benzene ring substituents is 1. The predicted octanol–water partition coefficient (Wildman–Crippen LogP) is 2.75. The summed E-state index contributed by atoms with van der Waals surface area (Å²) >= 11 is 0. The smallest absolute Gasteiger partial charge is 0.342 e. The lowest BCUT2D eigenvalue weighted by atomic mass is 10.1. The highest BCUT2D eigenvalue weighted by Crippen LogP contribution is 2.37. The number of rotatable bonds is 6. The normalized spacial score (nSPS) is 15.8. The number of nitrogens with zero attached hydrogens (tertiary/aromatic N) is 1. The van der Waals surface area contributed by atoms with E-state index in [4.69, 9.17) is 5.11 Å². The maximum atomic E-state index is 11.0. The minimum Gasteiger partial charge on any atom is -0.477 e. The Kier molecular flexibility index (Phi) is 3.69. The van der Waals surface area contributed by atoms with Crippen molar-refractivity contribution >= 4 is 17.3 Å². The Balaban J connectivity index is 2.20. The van der Waals surface area contributed by atoms with Crippen LogP contribution in [0, 0.1) is 22.0 Å². The van der Waals surface area contributed by atoms with Crippen LogP contribution in [0.4, 0.5) is 11.4 Å². The van der Waals surface area contributed by atoms with Crippen LogP contribution in [0.1, 0.15) is 30.1 Å². The second-order valence-electron chi connectivity index (χ2n) is 4.96. The van der Waals surface area contributed by atoms with Gasteiger partial charge in [0.1, 0.15) is 11.3 Å². The van der Waals surface area contributed by atoms with E-state index in [-0.39, 0.29) is 16.9 Å². The third-order valence-electron chi connectivity index (χ3n) is 3.49. The lowest BCUT2D eigenvalue weighted by Crippen LogP contribution is -2.15. The van der Waals surface area contributed by atoms with Gasteiger partial charge >= 0.3 is 11.7 Å². The molecule has 0 amide bonds. The minimum absolute atomic E-state index is 0.275. The first kappa shape index (κ1) is 13.3. The van der Waals surface area contributed by atoms with Crippen molar-refractivity contribution in [3.63, 3.8) is 0 Å². The number of anilines is 1. The number of aromatic carboxylic acids is 1. The number of nitro groups is 1. The second kappa shape index (κ2) is 5.26. The molecule has 1 aromatic rings. The molecule has 6 nitrogen and oxygen atoms in total. The van der Waals surface area contributed by atoms with Crippen molar-refractivity contribution in [2.75, 3.05) is 11.9 Å². The molecule has 2 rings (SSSR count). The number of hydrogen-bond donors (Lipinski definition) is 2. The molecule has 102 valence electrons. The third kappa shape index (κ3) is 3.01. The summed E-state index contributed by atoms with van der Waals surface area (Å²) in [6, 6.07) is 4.31. The highest BCUT2D eigenvalue weighted by atomic mass is 16.6. The van der Waals surface area contributed by atoms with Crippen molar-refractivity contribution in [3.05, 3.63) is 33.9 Å². The van der Waals surface area contributed by atoms with E-state index < -0.39 is 10.9 Å². The zero-order valence-electron chi connectivity index (χ0n) is 10.6. The summed E-state index contributed by atoms with van der Waals surface area (Å²) in [6.07, 6.45) is 2.42. The number of carboxylic acid groups (broad SMARTS) is 1. The average molecular weight is 264 g/mol. The van der Waals surface area contributed by atoms with Crippen molar-refractivity contribution in [2.45, 2.75) is 19.8 Å². The van der Waals surface area contributed by atoms with Crippen LogP contribution in [-0.2, 0) is 0 Å². The molecular weight excluding hydrogens is 248 g/mol. The maximum Gasteiger partial charge on any atom is 0.342 e. The average Bonchev–Trinajstić information content (AvgIpc) is 3.19. The Morgan fingerprint density at radius 3 is 2.79 bits per heavy atom. The first-order valence-corrected chi connectivity index (χ1v) is 6.25. The van der Waals surface area contributed by atoms with E-state index in [1.807, 2.05) is 0 Å².